The summed E-state index contributed by atoms with van der Waals surface area (Å²) in [6, 6.07) is 10.1. The molecule has 1 aromatic rings. The van der Waals surface area contributed by atoms with E-state index in [1.807, 2.05) is 30.3 Å². The highest BCUT2D eigenvalue weighted by atomic mass is 16.5. The van der Waals surface area contributed by atoms with Gasteiger partial charge in [-0.15, -0.1) is 0 Å². The van der Waals surface area contributed by atoms with Crippen molar-refractivity contribution in [3.63, 3.8) is 0 Å². The maximum absolute atomic E-state index is 11.1. The molecule has 3 nitrogen and oxygen atoms in total. The maximum Gasteiger partial charge on any atom is 0.309 e. The largest absolute Gasteiger partial charge is 0.481 e. The van der Waals surface area contributed by atoms with Crippen LogP contribution in [-0.2, 0) is 16.1 Å². The molecule has 98 valence electrons. The predicted molar refractivity (Wildman–Crippen MR) is 69.2 cm³/mol. The molecule has 0 radical (unpaired) electrons. The summed E-state index contributed by atoms with van der Waals surface area (Å²) in [7, 11) is 0. The molecule has 1 aliphatic rings. The van der Waals surface area contributed by atoms with Crippen LogP contribution in [0.3, 0.4) is 0 Å². The van der Waals surface area contributed by atoms with E-state index >= 15 is 0 Å². The van der Waals surface area contributed by atoms with E-state index in [-0.39, 0.29) is 12.0 Å². The molecule has 1 aromatic carbocycles. The van der Waals surface area contributed by atoms with Gasteiger partial charge in [0.25, 0.3) is 0 Å². The third-order valence-electron chi connectivity index (χ3n) is 4.00. The molecule has 1 fully saturated rings. The van der Waals surface area contributed by atoms with Gasteiger partial charge in [0.1, 0.15) is 0 Å². The van der Waals surface area contributed by atoms with Crippen LogP contribution in [0.4, 0.5) is 0 Å². The molecule has 0 heterocycles. The van der Waals surface area contributed by atoms with Gasteiger partial charge in [-0.2, -0.15) is 0 Å². The number of ether oxygens (including phenoxy) is 1. The van der Waals surface area contributed by atoms with Gasteiger partial charge >= 0.3 is 5.97 Å². The van der Waals surface area contributed by atoms with E-state index < -0.39 is 11.4 Å². The second-order valence-electron chi connectivity index (χ2n) is 5.61. The molecule has 0 spiro atoms. The average molecular weight is 248 g/mol. The molecule has 0 bridgehead atoms. The summed E-state index contributed by atoms with van der Waals surface area (Å²) in [5, 5.41) is 9.13. The average Bonchev–Trinajstić information content (AvgIpc) is 2.27. The minimum absolute atomic E-state index is 0.217. The second-order valence-corrected chi connectivity index (χ2v) is 5.61. The molecule has 2 rings (SSSR count). The van der Waals surface area contributed by atoms with E-state index in [4.69, 9.17) is 9.84 Å². The highest BCUT2D eigenvalue weighted by Crippen LogP contribution is 2.43. The topological polar surface area (TPSA) is 46.5 Å². The zero-order valence-corrected chi connectivity index (χ0v) is 10.9. The Hall–Kier alpha value is -1.35. The van der Waals surface area contributed by atoms with Crippen molar-refractivity contribution in [2.45, 2.75) is 39.4 Å². The lowest BCUT2D eigenvalue weighted by Crippen LogP contribution is -2.44. The van der Waals surface area contributed by atoms with E-state index in [2.05, 4.69) is 0 Å². The van der Waals surface area contributed by atoms with Crippen LogP contribution in [0, 0.1) is 11.3 Å². The number of aliphatic carboxylic acids is 1. The zero-order valence-electron chi connectivity index (χ0n) is 10.9. The summed E-state index contributed by atoms with van der Waals surface area (Å²) in [5.41, 5.74) is 0.533. The number of rotatable bonds is 5. The summed E-state index contributed by atoms with van der Waals surface area (Å²) < 4.78 is 5.78. The monoisotopic (exact) mass is 248 g/mol. The summed E-state index contributed by atoms with van der Waals surface area (Å²) in [4.78, 5) is 11.1. The van der Waals surface area contributed by atoms with Crippen LogP contribution in [0.2, 0.25) is 0 Å². The Morgan fingerprint density at radius 3 is 2.50 bits per heavy atom. The Kier molecular flexibility index (Phi) is 3.71. The lowest BCUT2D eigenvalue weighted by molar-refractivity contribution is -0.157. The SMILES string of the molecule is CC(C)(C(=O)O)C1CC(OCc2ccccc2)C1. The Morgan fingerprint density at radius 2 is 1.94 bits per heavy atom. The smallest absolute Gasteiger partial charge is 0.309 e. The molecular weight excluding hydrogens is 228 g/mol. The summed E-state index contributed by atoms with van der Waals surface area (Å²) in [5.74, 6) is -0.482. The van der Waals surface area contributed by atoms with Gasteiger partial charge in [-0.25, -0.2) is 0 Å². The van der Waals surface area contributed by atoms with E-state index in [0.717, 1.165) is 12.8 Å². The Labute approximate surface area is 108 Å². The molecule has 0 amide bonds. The van der Waals surface area contributed by atoms with Crippen LogP contribution >= 0.6 is 0 Å². The van der Waals surface area contributed by atoms with E-state index in [1.165, 1.54) is 5.56 Å². The summed E-state index contributed by atoms with van der Waals surface area (Å²) in [6.45, 7) is 4.21. The molecule has 0 atom stereocenters. The van der Waals surface area contributed by atoms with Crippen LogP contribution in [0.25, 0.3) is 0 Å². The summed E-state index contributed by atoms with van der Waals surface area (Å²) in [6.07, 6.45) is 1.92. The van der Waals surface area contributed by atoms with Crippen LogP contribution in [-0.4, -0.2) is 17.2 Å². The van der Waals surface area contributed by atoms with Gasteiger partial charge in [0.15, 0.2) is 0 Å². The van der Waals surface area contributed by atoms with Crippen molar-refractivity contribution in [3.05, 3.63) is 35.9 Å². The van der Waals surface area contributed by atoms with Crippen molar-refractivity contribution in [2.24, 2.45) is 11.3 Å². The number of carboxylic acid groups (broad SMARTS) is 1. The number of benzene rings is 1. The first-order chi connectivity index (χ1) is 8.50. The highest BCUT2D eigenvalue weighted by Gasteiger charge is 2.44. The highest BCUT2D eigenvalue weighted by molar-refractivity contribution is 5.74. The van der Waals surface area contributed by atoms with Gasteiger partial charge < -0.3 is 9.84 Å². The predicted octanol–water partition coefficient (Wildman–Crippen LogP) is 3.09. The molecule has 0 aromatic heterocycles. The molecule has 0 saturated heterocycles. The van der Waals surface area contributed by atoms with Gasteiger partial charge in [-0.3, -0.25) is 4.79 Å². The maximum atomic E-state index is 11.1. The first-order valence-electron chi connectivity index (χ1n) is 6.39. The van der Waals surface area contributed by atoms with Crippen molar-refractivity contribution < 1.29 is 14.6 Å². The fourth-order valence-corrected chi connectivity index (χ4v) is 2.25. The number of hydrogen-bond donors (Lipinski definition) is 1. The molecule has 1 aliphatic carbocycles. The Morgan fingerprint density at radius 1 is 1.33 bits per heavy atom. The fourth-order valence-electron chi connectivity index (χ4n) is 2.25. The number of hydrogen-bond acceptors (Lipinski definition) is 2. The lowest BCUT2D eigenvalue weighted by Gasteiger charge is -2.42. The minimum Gasteiger partial charge on any atom is -0.481 e. The van der Waals surface area contributed by atoms with Gasteiger partial charge in [-0.1, -0.05) is 30.3 Å². The van der Waals surface area contributed by atoms with Gasteiger partial charge in [-0.05, 0) is 38.2 Å². The van der Waals surface area contributed by atoms with Crippen molar-refractivity contribution >= 4 is 5.97 Å². The first kappa shape index (κ1) is 13.1. The molecular formula is C15H20O3. The van der Waals surface area contributed by atoms with Crippen molar-refractivity contribution in [1.82, 2.24) is 0 Å². The molecule has 1 N–H and O–H groups in total. The lowest BCUT2D eigenvalue weighted by atomic mass is 9.66. The van der Waals surface area contributed by atoms with Crippen LogP contribution in [0.15, 0.2) is 30.3 Å². The van der Waals surface area contributed by atoms with Crippen molar-refractivity contribution in [3.8, 4) is 0 Å². The zero-order chi connectivity index (χ0) is 13.2. The van der Waals surface area contributed by atoms with Gasteiger partial charge in [0, 0.05) is 0 Å². The van der Waals surface area contributed by atoms with Crippen LogP contribution < -0.4 is 0 Å². The number of carboxylic acids is 1. The second kappa shape index (κ2) is 5.11. The van der Waals surface area contributed by atoms with E-state index in [9.17, 15) is 4.79 Å². The van der Waals surface area contributed by atoms with Crippen LogP contribution in [0.5, 0.6) is 0 Å². The molecule has 0 unspecified atom stereocenters. The molecule has 1 saturated carbocycles. The standard InChI is InChI=1S/C15H20O3/c1-15(2,14(16)17)12-8-13(9-12)18-10-11-6-4-3-5-7-11/h3-7,12-13H,8-10H2,1-2H3,(H,16,17). The van der Waals surface area contributed by atoms with E-state index in [1.54, 1.807) is 13.8 Å². The molecule has 18 heavy (non-hydrogen) atoms. The van der Waals surface area contributed by atoms with Crippen molar-refractivity contribution in [2.75, 3.05) is 0 Å². The fraction of sp³-hybridized carbons (Fsp3) is 0.533. The Bertz CT molecular complexity index is 405. The summed E-state index contributed by atoms with van der Waals surface area (Å²) >= 11 is 0. The minimum atomic E-state index is -0.714. The quantitative estimate of drug-likeness (QED) is 0.871. The van der Waals surface area contributed by atoms with Gasteiger partial charge in [0.2, 0.25) is 0 Å². The first-order valence-corrected chi connectivity index (χ1v) is 6.39. The number of carbonyl (C=O) groups is 1. The molecule has 0 aliphatic heterocycles. The van der Waals surface area contributed by atoms with Gasteiger partial charge in [0.05, 0.1) is 18.1 Å². The third-order valence-corrected chi connectivity index (χ3v) is 4.00. The van der Waals surface area contributed by atoms with E-state index in [0.29, 0.717) is 6.61 Å². The normalized spacial score (nSPS) is 23.4. The Balaban J connectivity index is 1.76. The third kappa shape index (κ3) is 2.72. The van der Waals surface area contributed by atoms with Crippen molar-refractivity contribution in [1.29, 1.82) is 0 Å². The molecule has 3 heteroatoms. The van der Waals surface area contributed by atoms with Crippen LogP contribution in [0.1, 0.15) is 32.3 Å².